The first-order valence-electron chi connectivity index (χ1n) is 7.15. The number of anilines is 1. The Kier molecular flexibility index (Phi) is 6.40. The maximum absolute atomic E-state index is 12.2. The van der Waals surface area contributed by atoms with Crippen LogP contribution in [0.4, 0.5) is 5.69 Å². The van der Waals surface area contributed by atoms with Crippen molar-refractivity contribution >= 4 is 40.1 Å². The molecule has 23 heavy (non-hydrogen) atoms. The van der Waals surface area contributed by atoms with Crippen molar-refractivity contribution in [1.29, 1.82) is 0 Å². The van der Waals surface area contributed by atoms with Gasteiger partial charge in [-0.2, -0.15) is 0 Å². The van der Waals surface area contributed by atoms with Gasteiger partial charge in [0.25, 0.3) is 11.8 Å². The Morgan fingerprint density at radius 2 is 1.78 bits per heavy atom. The van der Waals surface area contributed by atoms with Crippen molar-refractivity contribution in [2.75, 3.05) is 18.5 Å². The average Bonchev–Trinajstić information content (AvgIpc) is 2.55. The van der Waals surface area contributed by atoms with Crippen molar-refractivity contribution in [3.05, 3.63) is 57.7 Å². The van der Waals surface area contributed by atoms with Gasteiger partial charge in [-0.1, -0.05) is 12.1 Å². The van der Waals surface area contributed by atoms with Gasteiger partial charge in [-0.3, -0.25) is 9.59 Å². The summed E-state index contributed by atoms with van der Waals surface area (Å²) in [6.07, 6.45) is 0. The first kappa shape index (κ1) is 17.3. The van der Waals surface area contributed by atoms with Gasteiger partial charge in [-0.05, 0) is 65.9 Å². The summed E-state index contributed by atoms with van der Waals surface area (Å²) < 4.78 is 6.25. The molecule has 0 aromatic heterocycles. The van der Waals surface area contributed by atoms with Gasteiger partial charge in [-0.15, -0.1) is 0 Å². The van der Waals surface area contributed by atoms with E-state index < -0.39 is 0 Å². The molecule has 6 heteroatoms. The van der Waals surface area contributed by atoms with E-state index in [9.17, 15) is 9.59 Å². The van der Waals surface area contributed by atoms with Crippen molar-refractivity contribution in [1.82, 2.24) is 5.32 Å². The molecule has 120 valence electrons. The van der Waals surface area contributed by atoms with Crippen LogP contribution in [-0.4, -0.2) is 25.0 Å². The summed E-state index contributed by atoms with van der Waals surface area (Å²) in [5.41, 5.74) is 1.30. The number of hydrogen-bond acceptors (Lipinski definition) is 3. The lowest BCUT2D eigenvalue weighted by atomic mass is 10.2. The van der Waals surface area contributed by atoms with Crippen LogP contribution in [0, 0.1) is 3.57 Å². The number of carbonyl (C=O) groups excluding carboxylic acids is 2. The second-order valence-corrected chi connectivity index (χ2v) is 5.86. The van der Waals surface area contributed by atoms with Crippen molar-refractivity contribution < 1.29 is 14.3 Å². The van der Waals surface area contributed by atoms with Crippen LogP contribution in [0.3, 0.4) is 0 Å². The SMILES string of the molecule is CCNC(=O)COc1ccc(NC(=O)c2ccccc2I)cc1. The highest BCUT2D eigenvalue weighted by atomic mass is 127. The Morgan fingerprint density at radius 3 is 2.43 bits per heavy atom. The Labute approximate surface area is 148 Å². The molecule has 5 nitrogen and oxygen atoms in total. The predicted octanol–water partition coefficient (Wildman–Crippen LogP) is 3.06. The lowest BCUT2D eigenvalue weighted by Gasteiger charge is -2.09. The van der Waals surface area contributed by atoms with Crippen molar-refractivity contribution in [2.24, 2.45) is 0 Å². The van der Waals surface area contributed by atoms with E-state index >= 15 is 0 Å². The third kappa shape index (κ3) is 5.24. The number of ether oxygens (including phenoxy) is 1. The zero-order valence-corrected chi connectivity index (χ0v) is 14.8. The van der Waals surface area contributed by atoms with Gasteiger partial charge < -0.3 is 15.4 Å². The van der Waals surface area contributed by atoms with E-state index in [0.29, 0.717) is 23.5 Å². The number of carbonyl (C=O) groups is 2. The van der Waals surface area contributed by atoms with Gasteiger partial charge in [0.1, 0.15) is 5.75 Å². The number of hydrogen-bond donors (Lipinski definition) is 2. The fraction of sp³-hybridized carbons (Fsp3) is 0.176. The molecule has 0 radical (unpaired) electrons. The molecule has 0 aliphatic heterocycles. The van der Waals surface area contributed by atoms with Gasteiger partial charge in [0, 0.05) is 15.8 Å². The van der Waals surface area contributed by atoms with E-state index in [0.717, 1.165) is 3.57 Å². The third-order valence-electron chi connectivity index (χ3n) is 2.97. The van der Waals surface area contributed by atoms with Crippen molar-refractivity contribution in [2.45, 2.75) is 6.92 Å². The topological polar surface area (TPSA) is 67.4 Å². The van der Waals surface area contributed by atoms with E-state index in [2.05, 4.69) is 33.2 Å². The van der Waals surface area contributed by atoms with Crippen molar-refractivity contribution in [3.63, 3.8) is 0 Å². The molecule has 0 bridgehead atoms. The van der Waals surface area contributed by atoms with Crippen LogP contribution in [0.5, 0.6) is 5.75 Å². The minimum absolute atomic E-state index is 0.0260. The molecule has 2 aromatic carbocycles. The number of likely N-dealkylation sites (N-methyl/N-ethyl adjacent to an activating group) is 1. The smallest absolute Gasteiger partial charge is 0.257 e. The first-order valence-corrected chi connectivity index (χ1v) is 8.23. The Morgan fingerprint density at radius 1 is 1.09 bits per heavy atom. The summed E-state index contributed by atoms with van der Waals surface area (Å²) in [5.74, 6) is 0.248. The van der Waals surface area contributed by atoms with Crippen LogP contribution in [0.2, 0.25) is 0 Å². The molecule has 0 saturated carbocycles. The normalized spacial score (nSPS) is 10.0. The molecule has 2 aromatic rings. The van der Waals surface area contributed by atoms with E-state index in [1.54, 1.807) is 30.3 Å². The van der Waals surface area contributed by atoms with E-state index in [1.165, 1.54) is 0 Å². The Bertz CT molecular complexity index is 686. The molecule has 0 heterocycles. The minimum Gasteiger partial charge on any atom is -0.484 e. The standard InChI is InChI=1S/C17H17IN2O3/c1-2-19-16(21)11-23-13-9-7-12(8-10-13)20-17(22)14-5-3-4-6-15(14)18/h3-10H,2,11H2,1H3,(H,19,21)(H,20,22). The van der Waals surface area contributed by atoms with Gasteiger partial charge in [-0.25, -0.2) is 0 Å². The highest BCUT2D eigenvalue weighted by Gasteiger charge is 2.09. The van der Waals surface area contributed by atoms with Crippen LogP contribution >= 0.6 is 22.6 Å². The largest absolute Gasteiger partial charge is 0.484 e. The van der Waals surface area contributed by atoms with E-state index in [4.69, 9.17) is 4.74 Å². The van der Waals surface area contributed by atoms with Crippen LogP contribution < -0.4 is 15.4 Å². The molecular weight excluding hydrogens is 407 g/mol. The number of benzene rings is 2. The number of amides is 2. The zero-order chi connectivity index (χ0) is 16.7. The van der Waals surface area contributed by atoms with Crippen LogP contribution in [0.1, 0.15) is 17.3 Å². The minimum atomic E-state index is -0.163. The number of halogens is 1. The second kappa shape index (κ2) is 8.52. The monoisotopic (exact) mass is 424 g/mol. The van der Waals surface area contributed by atoms with Gasteiger partial charge in [0.2, 0.25) is 0 Å². The Balaban J connectivity index is 1.93. The maximum atomic E-state index is 12.2. The van der Waals surface area contributed by atoms with Crippen LogP contribution in [0.15, 0.2) is 48.5 Å². The highest BCUT2D eigenvalue weighted by molar-refractivity contribution is 14.1. The summed E-state index contributed by atoms with van der Waals surface area (Å²) in [7, 11) is 0. The summed E-state index contributed by atoms with van der Waals surface area (Å²) in [6.45, 7) is 2.40. The molecule has 0 spiro atoms. The lowest BCUT2D eigenvalue weighted by molar-refractivity contribution is -0.122. The molecule has 0 saturated heterocycles. The zero-order valence-electron chi connectivity index (χ0n) is 12.6. The molecule has 2 N–H and O–H groups in total. The van der Waals surface area contributed by atoms with Crippen LogP contribution in [0.25, 0.3) is 0 Å². The predicted molar refractivity (Wildman–Crippen MR) is 97.7 cm³/mol. The molecular formula is C17H17IN2O3. The number of nitrogens with one attached hydrogen (secondary N) is 2. The third-order valence-corrected chi connectivity index (χ3v) is 3.92. The molecule has 0 fully saturated rings. The molecule has 0 unspecified atom stereocenters. The van der Waals surface area contributed by atoms with Gasteiger partial charge >= 0.3 is 0 Å². The lowest BCUT2D eigenvalue weighted by Crippen LogP contribution is -2.28. The summed E-state index contributed by atoms with van der Waals surface area (Å²) in [6, 6.07) is 14.3. The highest BCUT2D eigenvalue weighted by Crippen LogP contribution is 2.18. The molecule has 0 aliphatic rings. The quantitative estimate of drug-likeness (QED) is 0.701. The second-order valence-electron chi connectivity index (χ2n) is 4.70. The maximum Gasteiger partial charge on any atom is 0.257 e. The van der Waals surface area contributed by atoms with E-state index in [-0.39, 0.29) is 18.4 Å². The summed E-state index contributed by atoms with van der Waals surface area (Å²) in [4.78, 5) is 23.5. The van der Waals surface area contributed by atoms with Gasteiger partial charge in [0.05, 0.1) is 5.56 Å². The van der Waals surface area contributed by atoms with Crippen LogP contribution in [-0.2, 0) is 4.79 Å². The molecule has 0 aliphatic carbocycles. The van der Waals surface area contributed by atoms with Crippen molar-refractivity contribution in [3.8, 4) is 5.75 Å². The summed E-state index contributed by atoms with van der Waals surface area (Å²) in [5, 5.41) is 5.49. The fourth-order valence-electron chi connectivity index (χ4n) is 1.88. The summed E-state index contributed by atoms with van der Waals surface area (Å²) >= 11 is 2.13. The fourth-order valence-corrected chi connectivity index (χ4v) is 2.51. The molecule has 0 atom stereocenters. The molecule has 2 amide bonds. The molecule has 2 rings (SSSR count). The first-order chi connectivity index (χ1) is 11.1. The van der Waals surface area contributed by atoms with Gasteiger partial charge in [0.15, 0.2) is 6.61 Å². The Hall–Kier alpha value is -2.09. The van der Waals surface area contributed by atoms with E-state index in [1.807, 2.05) is 25.1 Å². The average molecular weight is 424 g/mol. The number of rotatable bonds is 6.